The Hall–Kier alpha value is -1.55. The van der Waals surface area contributed by atoms with Gasteiger partial charge in [0.05, 0.1) is 0 Å². The van der Waals surface area contributed by atoms with Gasteiger partial charge in [0.1, 0.15) is 6.04 Å². The highest BCUT2D eigenvalue weighted by Crippen LogP contribution is 2.29. The Kier molecular flexibility index (Phi) is 4.20. The van der Waals surface area contributed by atoms with Crippen molar-refractivity contribution in [1.82, 2.24) is 5.43 Å². The molecule has 2 rings (SSSR count). The summed E-state index contributed by atoms with van der Waals surface area (Å²) < 4.78 is 0. The lowest BCUT2D eigenvalue weighted by atomic mass is 9.98. The summed E-state index contributed by atoms with van der Waals surface area (Å²) in [5.41, 5.74) is 4.81. The van der Waals surface area contributed by atoms with E-state index in [4.69, 9.17) is 5.84 Å². The maximum absolute atomic E-state index is 11.9. The maximum Gasteiger partial charge on any atom is 0.256 e. The maximum atomic E-state index is 11.9. The van der Waals surface area contributed by atoms with E-state index in [0.717, 1.165) is 32.2 Å². The molecule has 0 bridgehead atoms. The molecular formula is C14H21N3O. The number of nitrogens with zero attached hydrogens (tertiary/aromatic N) is 1. The van der Waals surface area contributed by atoms with Gasteiger partial charge in [0.2, 0.25) is 0 Å². The van der Waals surface area contributed by atoms with Crippen molar-refractivity contribution in [3.8, 4) is 0 Å². The quantitative estimate of drug-likeness (QED) is 0.482. The number of hydrogen-bond acceptors (Lipinski definition) is 3. The molecule has 4 heteroatoms. The number of rotatable bonds is 4. The number of para-hydroxylation sites is 1. The molecule has 98 valence electrons. The van der Waals surface area contributed by atoms with Gasteiger partial charge in [-0.05, 0) is 30.9 Å². The first-order chi connectivity index (χ1) is 8.77. The number of aryl methyl sites for hydroxylation is 1. The van der Waals surface area contributed by atoms with Gasteiger partial charge in [0.15, 0.2) is 0 Å². The number of fused-ring (bicyclic) bond motifs is 1. The van der Waals surface area contributed by atoms with E-state index in [1.165, 1.54) is 11.3 Å². The third-order valence-corrected chi connectivity index (χ3v) is 3.53. The summed E-state index contributed by atoms with van der Waals surface area (Å²) in [5, 5.41) is 0. The van der Waals surface area contributed by atoms with E-state index in [-0.39, 0.29) is 11.9 Å². The van der Waals surface area contributed by atoms with Crippen molar-refractivity contribution in [2.45, 2.75) is 38.6 Å². The molecule has 0 aromatic heterocycles. The number of anilines is 1. The molecule has 1 aliphatic rings. The smallest absolute Gasteiger partial charge is 0.256 e. The standard InChI is InChI=1S/C14H21N3O/c1-2-6-13(14(18)16-15)17-10-5-8-11-7-3-4-9-12(11)17/h3-4,7,9,13H,2,5-6,8,10,15H2,1H3,(H,16,18). The van der Waals surface area contributed by atoms with Crippen LogP contribution in [0.4, 0.5) is 5.69 Å². The summed E-state index contributed by atoms with van der Waals surface area (Å²) in [6.45, 7) is 3.02. The van der Waals surface area contributed by atoms with Gasteiger partial charge < -0.3 is 4.90 Å². The molecule has 1 aromatic carbocycles. The normalized spacial score (nSPS) is 16.0. The Morgan fingerprint density at radius 3 is 3.00 bits per heavy atom. The number of hydrogen-bond donors (Lipinski definition) is 2. The van der Waals surface area contributed by atoms with E-state index >= 15 is 0 Å². The number of carbonyl (C=O) groups excluding carboxylic acids is 1. The van der Waals surface area contributed by atoms with E-state index in [1.807, 2.05) is 6.07 Å². The van der Waals surface area contributed by atoms with Crippen molar-refractivity contribution >= 4 is 11.6 Å². The van der Waals surface area contributed by atoms with Crippen LogP contribution in [0.25, 0.3) is 0 Å². The predicted molar refractivity (Wildman–Crippen MR) is 73.1 cm³/mol. The third kappa shape index (κ3) is 2.48. The Morgan fingerprint density at radius 2 is 2.28 bits per heavy atom. The van der Waals surface area contributed by atoms with Crippen molar-refractivity contribution < 1.29 is 4.79 Å². The SMILES string of the molecule is CCCC(C(=O)NN)N1CCCc2ccccc21. The van der Waals surface area contributed by atoms with Gasteiger partial charge >= 0.3 is 0 Å². The zero-order valence-electron chi connectivity index (χ0n) is 10.9. The fourth-order valence-corrected chi connectivity index (χ4v) is 2.68. The highest BCUT2D eigenvalue weighted by atomic mass is 16.2. The minimum Gasteiger partial charge on any atom is -0.359 e. The zero-order valence-corrected chi connectivity index (χ0v) is 10.9. The number of hydrazine groups is 1. The van der Waals surface area contributed by atoms with Gasteiger partial charge in [-0.25, -0.2) is 5.84 Å². The van der Waals surface area contributed by atoms with Gasteiger partial charge in [-0.15, -0.1) is 0 Å². The van der Waals surface area contributed by atoms with Crippen LogP contribution in [0.15, 0.2) is 24.3 Å². The van der Waals surface area contributed by atoms with E-state index in [9.17, 15) is 4.79 Å². The lowest BCUT2D eigenvalue weighted by molar-refractivity contribution is -0.122. The molecule has 3 N–H and O–H groups in total. The lowest BCUT2D eigenvalue weighted by Crippen LogP contribution is -2.50. The third-order valence-electron chi connectivity index (χ3n) is 3.53. The average molecular weight is 247 g/mol. The van der Waals surface area contributed by atoms with E-state index < -0.39 is 0 Å². The minimum atomic E-state index is -0.151. The minimum absolute atomic E-state index is 0.0893. The van der Waals surface area contributed by atoms with Crippen LogP contribution in [0, 0.1) is 0 Å². The van der Waals surface area contributed by atoms with E-state index in [0.29, 0.717) is 0 Å². The highest BCUT2D eigenvalue weighted by molar-refractivity contribution is 5.85. The van der Waals surface area contributed by atoms with Gasteiger partial charge in [-0.2, -0.15) is 0 Å². The molecule has 1 atom stereocenters. The lowest BCUT2D eigenvalue weighted by Gasteiger charge is -2.36. The van der Waals surface area contributed by atoms with E-state index in [1.54, 1.807) is 0 Å². The van der Waals surface area contributed by atoms with E-state index in [2.05, 4.69) is 35.4 Å². The largest absolute Gasteiger partial charge is 0.359 e. The number of amides is 1. The second-order valence-electron chi connectivity index (χ2n) is 4.74. The summed E-state index contributed by atoms with van der Waals surface area (Å²) in [7, 11) is 0. The molecule has 1 heterocycles. The highest BCUT2D eigenvalue weighted by Gasteiger charge is 2.28. The molecule has 1 amide bonds. The second-order valence-corrected chi connectivity index (χ2v) is 4.74. The average Bonchev–Trinajstić information content (AvgIpc) is 2.43. The Morgan fingerprint density at radius 1 is 1.50 bits per heavy atom. The Bertz CT molecular complexity index is 419. The summed E-state index contributed by atoms with van der Waals surface area (Å²) in [6.07, 6.45) is 3.99. The molecule has 1 unspecified atom stereocenters. The fraction of sp³-hybridized carbons (Fsp3) is 0.500. The molecule has 0 radical (unpaired) electrons. The molecule has 4 nitrogen and oxygen atoms in total. The number of carbonyl (C=O) groups is 1. The predicted octanol–water partition coefficient (Wildman–Crippen LogP) is 1.60. The summed E-state index contributed by atoms with van der Waals surface area (Å²) in [5.74, 6) is 5.21. The number of nitrogens with one attached hydrogen (secondary N) is 1. The van der Waals surface area contributed by atoms with Crippen LogP contribution in [0.5, 0.6) is 0 Å². The van der Waals surface area contributed by atoms with Crippen molar-refractivity contribution in [3.05, 3.63) is 29.8 Å². The van der Waals surface area contributed by atoms with Crippen molar-refractivity contribution in [2.75, 3.05) is 11.4 Å². The first-order valence-corrected chi connectivity index (χ1v) is 6.63. The van der Waals surface area contributed by atoms with Crippen LogP contribution >= 0.6 is 0 Å². The van der Waals surface area contributed by atoms with Gasteiger partial charge in [0, 0.05) is 12.2 Å². The van der Waals surface area contributed by atoms with Gasteiger partial charge in [-0.3, -0.25) is 10.2 Å². The first-order valence-electron chi connectivity index (χ1n) is 6.63. The summed E-state index contributed by atoms with van der Waals surface area (Å²) in [6, 6.07) is 8.17. The topological polar surface area (TPSA) is 58.4 Å². The van der Waals surface area contributed by atoms with Crippen LogP contribution < -0.4 is 16.2 Å². The van der Waals surface area contributed by atoms with Crippen LogP contribution in [0.2, 0.25) is 0 Å². The molecule has 1 aliphatic heterocycles. The molecule has 0 spiro atoms. The molecule has 18 heavy (non-hydrogen) atoms. The van der Waals surface area contributed by atoms with Gasteiger partial charge in [-0.1, -0.05) is 31.5 Å². The first kappa shape index (κ1) is 12.9. The molecule has 1 aromatic rings. The Balaban J connectivity index is 2.29. The van der Waals surface area contributed by atoms with Crippen molar-refractivity contribution in [1.29, 1.82) is 0 Å². The molecule has 0 saturated heterocycles. The molecule has 0 aliphatic carbocycles. The van der Waals surface area contributed by atoms with Crippen molar-refractivity contribution in [2.24, 2.45) is 5.84 Å². The van der Waals surface area contributed by atoms with Crippen LogP contribution in [-0.2, 0) is 11.2 Å². The number of benzene rings is 1. The van der Waals surface area contributed by atoms with Crippen molar-refractivity contribution in [3.63, 3.8) is 0 Å². The second kappa shape index (κ2) is 5.87. The molecular weight excluding hydrogens is 226 g/mol. The van der Waals surface area contributed by atoms with Crippen LogP contribution in [-0.4, -0.2) is 18.5 Å². The zero-order chi connectivity index (χ0) is 13.0. The summed E-state index contributed by atoms with van der Waals surface area (Å²) >= 11 is 0. The fourth-order valence-electron chi connectivity index (χ4n) is 2.68. The van der Waals surface area contributed by atoms with Crippen LogP contribution in [0.1, 0.15) is 31.7 Å². The van der Waals surface area contributed by atoms with Gasteiger partial charge in [0.25, 0.3) is 5.91 Å². The monoisotopic (exact) mass is 247 g/mol. The molecule has 0 saturated carbocycles. The number of nitrogens with two attached hydrogens (primary N) is 1. The molecule has 0 fully saturated rings. The Labute approximate surface area is 108 Å². The summed E-state index contributed by atoms with van der Waals surface area (Å²) in [4.78, 5) is 14.1. The van der Waals surface area contributed by atoms with Crippen LogP contribution in [0.3, 0.4) is 0 Å².